The molecule has 5 aromatic carbocycles. The number of halogens is 6. The van der Waals surface area contributed by atoms with Crippen LogP contribution in [-0.4, -0.2) is 136 Å². The Morgan fingerprint density at radius 3 is 1.18 bits per heavy atom. The van der Waals surface area contributed by atoms with Gasteiger partial charge in [-0.3, -0.25) is 29.2 Å². The van der Waals surface area contributed by atoms with E-state index in [0.29, 0.717) is 36.7 Å². The van der Waals surface area contributed by atoms with Crippen LogP contribution in [-0.2, 0) is 85.7 Å². The monoisotopic (exact) mass is 6330 g/mol. The number of carbonyl (C=O) groups is 3. The molecule has 13 aromatic rings. The van der Waals surface area contributed by atoms with Gasteiger partial charge in [-0.15, -0.1) is 0 Å². The van der Waals surface area contributed by atoms with Gasteiger partial charge in [0.15, 0.2) is 24.5 Å². The summed E-state index contributed by atoms with van der Waals surface area (Å²) in [5.41, 5.74) is 16.6. The van der Waals surface area contributed by atoms with Crippen molar-refractivity contribution in [3.05, 3.63) is 366 Å². The van der Waals surface area contributed by atoms with Gasteiger partial charge in [0.25, 0.3) is 16.7 Å². The Morgan fingerprint density at radius 2 is 0.787 bits per heavy atom. The average Bonchev–Trinajstić information content (AvgIpc) is 0.748. The second-order valence-electron chi connectivity index (χ2n) is 33.2. The van der Waals surface area contributed by atoms with E-state index in [1.54, 1.807) is 22.2 Å². The van der Waals surface area contributed by atoms with Crippen molar-refractivity contribution < 1.29 is 651 Å². The van der Waals surface area contributed by atoms with Crippen molar-refractivity contribution in [1.29, 1.82) is 0 Å². The number of carbonyl (C=O) groups excluding carboxylic acids is 3. The first-order valence-corrected chi connectivity index (χ1v) is 45.2. The van der Waals surface area contributed by atoms with Crippen molar-refractivity contribution in [2.45, 2.75) is 178 Å². The summed E-state index contributed by atoms with van der Waals surface area (Å²) in [6.07, 6.45) is 10.3. The molecule has 0 bridgehead atoms. The van der Waals surface area contributed by atoms with Crippen LogP contribution < -0.4 is 72.5 Å². The number of ether oxygens (including phenoxy) is 4. The SMILES string of the molecule is CC(Cl)OC(=O)Cl.CO.Cc1cc2c(c(=O)[nH]1)CN(Cc1ccccc1)CC2.Cc1cc2c(c(Br)n1)CN(C(=O)OC(C)(C)C)CC2.Cc1cc2c(c(Br)n1)CN(Cc1ccccc1)CC2.Cc1cc2c(c(Cl)n1)CN(C(=O)OC(C)(C)C)CC2.Cc1cc2cc[n+](Cc3ccccc3)cc2c(=O)[nH]1.Cc1cc2ccncc2c(=O)[nH]1.[B].[Br-].[H-].[Na+].[U].[U].[U].[U].[U].[U].[U].[U].[U].[U].[U].[U].[U].[U].[U].[U].[U].[U].c1ccc(Oc2ccccc2)cc1. The number of rotatable bonds is 9. The number of H-pyrrole nitrogens is 3. The number of hydrogen-bond donors (Lipinski definition) is 4. The molecule has 0 saturated heterocycles. The van der Waals surface area contributed by atoms with Crippen molar-refractivity contribution in [2.75, 3.05) is 33.3 Å². The Labute approximate surface area is 1380 Å². The molecule has 23 nitrogen and oxygen atoms in total. The van der Waals surface area contributed by atoms with Crippen LogP contribution in [0.3, 0.4) is 0 Å². The molecule has 4 N–H and O–H groups in total. The number of para-hydroxylation sites is 2. The van der Waals surface area contributed by atoms with Gasteiger partial charge in [-0.25, -0.2) is 29.3 Å². The fourth-order valence-corrected chi connectivity index (χ4v) is 16.3. The third-order valence-electron chi connectivity index (χ3n) is 20.2. The molecule has 0 aliphatic carbocycles. The number of nitrogens with one attached hydrogen (secondary N) is 3. The third kappa shape index (κ3) is 69.3. The first kappa shape index (κ1) is 186. The second kappa shape index (κ2) is 99.5. The minimum Gasteiger partial charge on any atom is -1.00 e. The van der Waals surface area contributed by atoms with E-state index in [4.69, 9.17) is 54.1 Å². The molecule has 2 amide bonds. The van der Waals surface area contributed by atoms with E-state index in [9.17, 15) is 28.8 Å². The summed E-state index contributed by atoms with van der Waals surface area (Å²) in [7, 11) is 1.00. The Kier molecular flexibility index (Phi) is 124. The molecule has 763 valence electrons. The van der Waals surface area contributed by atoms with Gasteiger partial charge in [0, 0.05) is 725 Å². The van der Waals surface area contributed by atoms with Crippen molar-refractivity contribution in [3.63, 3.8) is 0 Å². The zero-order valence-electron chi connectivity index (χ0n) is 87.4. The number of fused-ring (bicyclic) bond motifs is 6. The van der Waals surface area contributed by atoms with Gasteiger partial charge in [-0.2, -0.15) is 4.57 Å². The zero-order valence-corrected chi connectivity index (χ0v) is 170. The molecular formula is C101H115BBr3Cl3N12NaO11U18. The van der Waals surface area contributed by atoms with E-state index < -0.39 is 22.2 Å². The maximum Gasteiger partial charge on any atom is 1.00 e. The van der Waals surface area contributed by atoms with Crippen molar-refractivity contribution in [3.8, 4) is 11.5 Å². The molecule has 0 saturated carbocycles. The number of benzene rings is 5. The first-order valence-electron chi connectivity index (χ1n) is 42.4. The second-order valence-corrected chi connectivity index (χ2v) is 36.0. The summed E-state index contributed by atoms with van der Waals surface area (Å²) in [6, 6.07) is 67.0. The van der Waals surface area contributed by atoms with Crippen LogP contribution in [0.5, 0.6) is 11.5 Å². The van der Waals surface area contributed by atoms with Crippen LogP contribution in [0, 0.1) is 602 Å². The van der Waals surface area contributed by atoms with Crippen LogP contribution >= 0.6 is 66.7 Å². The molecular weight excluding hydrogens is 6220 g/mol. The molecule has 1 unspecified atom stereocenters. The third-order valence-corrected chi connectivity index (χ3v) is 22.0. The van der Waals surface area contributed by atoms with Crippen LogP contribution in [0.15, 0.2) is 249 Å². The summed E-state index contributed by atoms with van der Waals surface area (Å²) in [6.45, 7) is 33.3. The molecule has 17 rings (SSSR count). The maximum atomic E-state index is 12.1. The number of aliphatic hydroxyl groups excluding tert-OH is 1. The summed E-state index contributed by atoms with van der Waals surface area (Å²) in [5.74, 6) is 1.74. The minimum atomic E-state index is -0.873. The largest absolute Gasteiger partial charge is 1.00 e. The van der Waals surface area contributed by atoms with Gasteiger partial charge in [0.05, 0.1) is 18.5 Å². The predicted octanol–water partition coefficient (Wildman–Crippen LogP) is 14.9. The number of aromatic amines is 3. The first-order chi connectivity index (χ1) is 61.5. The van der Waals surface area contributed by atoms with E-state index in [2.05, 4.69) is 173 Å². The van der Waals surface area contributed by atoms with Gasteiger partial charge in [-0.05, 0) is 253 Å². The molecule has 1 atom stereocenters. The quantitative estimate of drug-likeness (QED) is 0.0261. The summed E-state index contributed by atoms with van der Waals surface area (Å²) in [4.78, 5) is 103. The van der Waals surface area contributed by atoms with Gasteiger partial charge < -0.3 is 67.2 Å². The fourth-order valence-electron chi connectivity index (χ4n) is 14.4. The Morgan fingerprint density at radius 1 is 0.453 bits per heavy atom. The molecule has 8 aromatic heterocycles. The molecule has 4 aliphatic rings. The standard InChI is InChI=1S/C16H17BrN2.C16H18N2O.C16H14N2O.C14H19BrN2O2.C14H19ClN2O2.C12H10O.C9H8N2O.C3H4Cl2O2.CH4O.B.BrH.Na.18U.H/c1-12-9-14-7-8-19(11-15(14)16(17)18-12)10-13-5-3-2-4-6-13;2*1-12-9-14-7-8-18(11-15(14)16(19)17-12)10-13-5-3-2-4-6-13;2*1-9-7-10-5-6-17(8-11(10)12(15)16-9)13(18)19-14(2,3)4;1-3-7-11(8-4-1)13-12-9-5-2-6-10-12;1-6-4-7-2-3-10-5-8(7)9(12)11-6;1-2(4)7-3(5)6;1-2;;;;;;;;;;;;;;;;;;;;;;/h2-6,9H,7-8,10-11H2,1H3;2-6,9H,7-8,10-11H2,1H3,(H,17,19);2-9,11H,10H2,1H3;2*7H,5-6,8H2,1-4H3;1-10H;2-5H,1H3,(H,11,12);2H,1H3;2H,1H3;;1H;;;;;;;;;;;;;;;;;;;;/q;;;;;;;;;;;+1;;;;;;;;;;;;;;;;;;;-1. The molecule has 4 aliphatic heterocycles. The van der Waals surface area contributed by atoms with E-state index in [0.717, 1.165) is 166 Å². The van der Waals surface area contributed by atoms with Gasteiger partial charge in [0.2, 0.25) is 0 Å². The van der Waals surface area contributed by atoms with Crippen molar-refractivity contribution >= 4 is 114 Å². The number of nitrogens with zero attached hydrogens (tertiary/aromatic N) is 9. The number of alkyl halides is 1. The topological polar surface area (TPSA) is 275 Å². The number of pyridine rings is 8. The van der Waals surface area contributed by atoms with Crippen LogP contribution in [0.2, 0.25) is 5.15 Å². The zero-order chi connectivity index (χ0) is 93.5. The number of aryl methyl sites for hydroxylation is 6. The smallest absolute Gasteiger partial charge is 1.00 e. The number of amides is 2. The van der Waals surface area contributed by atoms with E-state index in [1.165, 1.54) is 51.4 Å². The molecule has 49 heteroatoms. The maximum absolute atomic E-state index is 12.1. The van der Waals surface area contributed by atoms with Crippen molar-refractivity contribution in [2.24, 2.45) is 0 Å². The molecule has 3 radical (unpaired) electrons. The Hall–Kier alpha value is 9.22. The van der Waals surface area contributed by atoms with Crippen LogP contribution in [0.4, 0.5) is 14.4 Å². The number of aliphatic hydroxyl groups is 1. The molecule has 0 fully saturated rings. The molecule has 150 heavy (non-hydrogen) atoms. The van der Waals surface area contributed by atoms with E-state index in [-0.39, 0.29) is 645 Å². The summed E-state index contributed by atoms with van der Waals surface area (Å²) < 4.78 is 24.4. The fraction of sp³-hybridized carbons (Fsp3) is 0.317. The summed E-state index contributed by atoms with van der Waals surface area (Å²) >= 11 is 23.1. The van der Waals surface area contributed by atoms with Gasteiger partial charge in [-0.1, -0.05) is 151 Å². The minimum absolute atomic E-state index is 0. The van der Waals surface area contributed by atoms with Crippen molar-refractivity contribution in [1.82, 2.24) is 54.5 Å². The predicted molar refractivity (Wildman–Crippen MR) is 526 cm³/mol. The van der Waals surface area contributed by atoms with Crippen LogP contribution in [0.1, 0.15) is 145 Å². The summed E-state index contributed by atoms with van der Waals surface area (Å²) in [5, 5.41) is 10.8. The van der Waals surface area contributed by atoms with E-state index in [1.807, 2.05) is 208 Å². The molecule has 12 heterocycles. The number of aromatic nitrogens is 8. The Bertz CT molecular complexity index is 6030. The number of hydrogen-bond acceptors (Lipinski definition) is 17. The van der Waals surface area contributed by atoms with Gasteiger partial charge in [0.1, 0.15) is 42.4 Å². The van der Waals surface area contributed by atoms with Crippen LogP contribution in [0.25, 0.3) is 21.5 Å². The average molecular weight is 6340 g/mol. The normalized spacial score (nSPS) is 11.4. The van der Waals surface area contributed by atoms with E-state index >= 15 is 0 Å². The van der Waals surface area contributed by atoms with Gasteiger partial charge >= 0.3 is 47.2 Å². The Balaban J connectivity index is -0.000000117. The molecule has 0 spiro atoms.